The summed E-state index contributed by atoms with van der Waals surface area (Å²) in [5.74, 6) is -3.74. The molecule has 0 bridgehead atoms. The summed E-state index contributed by atoms with van der Waals surface area (Å²) < 4.78 is 31.2. The number of ether oxygens (including phenoxy) is 1. The van der Waals surface area contributed by atoms with Crippen LogP contribution in [0.4, 0.5) is 13.6 Å². The summed E-state index contributed by atoms with van der Waals surface area (Å²) in [7, 11) is 0. The first-order valence-corrected chi connectivity index (χ1v) is 6.16. The van der Waals surface area contributed by atoms with E-state index < -0.39 is 34.8 Å². The Bertz CT molecular complexity index is 569. The SMILES string of the molecule is CC(C)(C)OC(=O)NC(C)(C(=O)O)c1ccc(F)c(F)c1. The summed E-state index contributed by atoms with van der Waals surface area (Å²) in [5.41, 5.74) is -2.88. The Kier molecular flexibility index (Phi) is 4.56. The lowest BCUT2D eigenvalue weighted by Crippen LogP contribution is -2.51. The van der Waals surface area contributed by atoms with Gasteiger partial charge in [-0.2, -0.15) is 0 Å². The number of nitrogens with one attached hydrogen (secondary N) is 1. The highest BCUT2D eigenvalue weighted by atomic mass is 19.2. The van der Waals surface area contributed by atoms with E-state index in [4.69, 9.17) is 4.74 Å². The third kappa shape index (κ3) is 4.14. The third-order valence-corrected chi connectivity index (χ3v) is 2.68. The predicted octanol–water partition coefficient (Wildman–Crippen LogP) is 2.79. The Labute approximate surface area is 120 Å². The average Bonchev–Trinajstić information content (AvgIpc) is 2.29. The number of rotatable bonds is 3. The van der Waals surface area contributed by atoms with Crippen LogP contribution in [0.3, 0.4) is 0 Å². The van der Waals surface area contributed by atoms with Gasteiger partial charge in [-0.1, -0.05) is 6.07 Å². The number of hydrogen-bond donors (Lipinski definition) is 2. The van der Waals surface area contributed by atoms with Crippen molar-refractivity contribution in [3.8, 4) is 0 Å². The van der Waals surface area contributed by atoms with Crippen molar-refractivity contribution >= 4 is 12.1 Å². The summed E-state index contributed by atoms with van der Waals surface area (Å²) in [5, 5.41) is 11.5. The molecule has 1 atom stereocenters. The number of carboxylic acid groups (broad SMARTS) is 1. The van der Waals surface area contributed by atoms with E-state index in [-0.39, 0.29) is 5.56 Å². The standard InChI is InChI=1S/C14H17F2NO4/c1-13(2,3)21-12(20)17-14(4,11(18)19)8-5-6-9(15)10(16)7-8/h5-7H,1-4H3,(H,17,20)(H,18,19). The van der Waals surface area contributed by atoms with E-state index in [0.29, 0.717) is 0 Å². The van der Waals surface area contributed by atoms with Crippen LogP contribution in [-0.2, 0) is 15.1 Å². The van der Waals surface area contributed by atoms with E-state index in [2.05, 4.69) is 5.32 Å². The molecule has 21 heavy (non-hydrogen) atoms. The van der Waals surface area contributed by atoms with Crippen LogP contribution in [0.2, 0.25) is 0 Å². The maximum Gasteiger partial charge on any atom is 0.408 e. The van der Waals surface area contributed by atoms with Gasteiger partial charge in [0.15, 0.2) is 17.2 Å². The van der Waals surface area contributed by atoms with Crippen molar-refractivity contribution in [3.63, 3.8) is 0 Å². The number of carbonyl (C=O) groups is 2. The Hall–Kier alpha value is -2.18. The molecule has 0 heterocycles. The quantitative estimate of drug-likeness (QED) is 0.900. The van der Waals surface area contributed by atoms with Gasteiger partial charge in [-0.05, 0) is 45.4 Å². The largest absolute Gasteiger partial charge is 0.479 e. The van der Waals surface area contributed by atoms with Crippen LogP contribution < -0.4 is 5.32 Å². The van der Waals surface area contributed by atoms with E-state index in [1.54, 1.807) is 20.8 Å². The number of halogens is 2. The molecule has 5 nitrogen and oxygen atoms in total. The lowest BCUT2D eigenvalue weighted by Gasteiger charge is -2.28. The minimum absolute atomic E-state index is 0.111. The van der Waals surface area contributed by atoms with E-state index in [0.717, 1.165) is 25.1 Å². The van der Waals surface area contributed by atoms with E-state index in [1.807, 2.05) is 0 Å². The molecule has 116 valence electrons. The highest BCUT2D eigenvalue weighted by Gasteiger charge is 2.38. The number of aliphatic carboxylic acids is 1. The van der Waals surface area contributed by atoms with Crippen molar-refractivity contribution in [1.29, 1.82) is 0 Å². The van der Waals surface area contributed by atoms with Crippen molar-refractivity contribution in [1.82, 2.24) is 5.32 Å². The van der Waals surface area contributed by atoms with E-state index >= 15 is 0 Å². The summed E-state index contributed by atoms with van der Waals surface area (Å²) in [6.07, 6.45) is -0.975. The molecule has 1 amide bonds. The number of carboxylic acids is 1. The van der Waals surface area contributed by atoms with Crippen LogP contribution in [0.5, 0.6) is 0 Å². The smallest absolute Gasteiger partial charge is 0.408 e. The molecule has 0 aromatic heterocycles. The van der Waals surface area contributed by atoms with Crippen molar-refractivity contribution in [2.45, 2.75) is 38.8 Å². The van der Waals surface area contributed by atoms with Crippen LogP contribution in [0.25, 0.3) is 0 Å². The Morgan fingerprint density at radius 3 is 2.14 bits per heavy atom. The van der Waals surface area contributed by atoms with Crippen molar-refractivity contribution in [2.75, 3.05) is 0 Å². The fraction of sp³-hybridized carbons (Fsp3) is 0.429. The van der Waals surface area contributed by atoms with Crippen LogP contribution >= 0.6 is 0 Å². The fourth-order valence-electron chi connectivity index (χ4n) is 1.56. The van der Waals surface area contributed by atoms with Gasteiger partial charge in [0, 0.05) is 0 Å². The molecule has 1 aromatic carbocycles. The van der Waals surface area contributed by atoms with Gasteiger partial charge in [0.2, 0.25) is 0 Å². The second-order valence-corrected chi connectivity index (χ2v) is 5.69. The molecule has 0 aliphatic heterocycles. The van der Waals surface area contributed by atoms with Gasteiger partial charge in [0.1, 0.15) is 5.60 Å². The van der Waals surface area contributed by atoms with Crippen LogP contribution in [0.1, 0.15) is 33.3 Å². The molecule has 2 N–H and O–H groups in total. The van der Waals surface area contributed by atoms with Gasteiger partial charge in [-0.3, -0.25) is 0 Å². The molecule has 1 unspecified atom stereocenters. The van der Waals surface area contributed by atoms with Crippen LogP contribution in [0.15, 0.2) is 18.2 Å². The molecule has 0 saturated heterocycles. The van der Waals surface area contributed by atoms with E-state index in [1.165, 1.54) is 0 Å². The van der Waals surface area contributed by atoms with Crippen LogP contribution in [-0.4, -0.2) is 22.8 Å². The van der Waals surface area contributed by atoms with Gasteiger partial charge in [0.05, 0.1) is 0 Å². The first kappa shape index (κ1) is 16.9. The molecule has 0 aliphatic rings. The third-order valence-electron chi connectivity index (χ3n) is 2.68. The van der Waals surface area contributed by atoms with Crippen molar-refractivity contribution in [3.05, 3.63) is 35.4 Å². The molecule has 1 aromatic rings. The molecule has 0 spiro atoms. The number of amides is 1. The highest BCUT2D eigenvalue weighted by Crippen LogP contribution is 2.24. The first-order chi connectivity index (χ1) is 9.45. The predicted molar refractivity (Wildman–Crippen MR) is 70.7 cm³/mol. The summed E-state index contributed by atoms with van der Waals surface area (Å²) in [6, 6.07) is 2.60. The zero-order valence-electron chi connectivity index (χ0n) is 12.2. The number of hydrogen-bond acceptors (Lipinski definition) is 3. The molecular weight excluding hydrogens is 284 g/mol. The van der Waals surface area contributed by atoms with Gasteiger partial charge in [-0.15, -0.1) is 0 Å². The fourth-order valence-corrected chi connectivity index (χ4v) is 1.56. The minimum Gasteiger partial charge on any atom is -0.479 e. The average molecular weight is 301 g/mol. The van der Waals surface area contributed by atoms with Crippen molar-refractivity contribution in [2.24, 2.45) is 0 Å². The molecule has 0 saturated carbocycles. The van der Waals surface area contributed by atoms with Crippen LogP contribution in [0, 0.1) is 11.6 Å². The zero-order chi connectivity index (χ0) is 16.4. The summed E-state index contributed by atoms with van der Waals surface area (Å²) >= 11 is 0. The monoisotopic (exact) mass is 301 g/mol. The number of carbonyl (C=O) groups excluding carboxylic acids is 1. The molecule has 0 radical (unpaired) electrons. The van der Waals surface area contributed by atoms with Gasteiger partial charge in [-0.25, -0.2) is 18.4 Å². The molecule has 0 aliphatic carbocycles. The normalized spacial score (nSPS) is 14.2. The highest BCUT2D eigenvalue weighted by molar-refractivity contribution is 5.85. The molecule has 1 rings (SSSR count). The van der Waals surface area contributed by atoms with E-state index in [9.17, 15) is 23.5 Å². The number of alkyl carbamates (subject to hydrolysis) is 1. The maximum absolute atomic E-state index is 13.3. The topological polar surface area (TPSA) is 75.6 Å². The zero-order valence-corrected chi connectivity index (χ0v) is 12.2. The molecule has 7 heteroatoms. The van der Waals surface area contributed by atoms with Crippen molar-refractivity contribution < 1.29 is 28.2 Å². The van der Waals surface area contributed by atoms with Gasteiger partial charge >= 0.3 is 12.1 Å². The maximum atomic E-state index is 13.3. The second kappa shape index (κ2) is 5.67. The summed E-state index contributed by atoms with van der Waals surface area (Å²) in [6.45, 7) is 6.00. The van der Waals surface area contributed by atoms with Gasteiger partial charge in [0.25, 0.3) is 0 Å². The Balaban J connectivity index is 3.11. The lowest BCUT2D eigenvalue weighted by atomic mass is 9.92. The second-order valence-electron chi connectivity index (χ2n) is 5.69. The molecule has 0 fully saturated rings. The van der Waals surface area contributed by atoms with Gasteiger partial charge < -0.3 is 15.2 Å². The summed E-state index contributed by atoms with van der Waals surface area (Å²) in [4.78, 5) is 23.2. The minimum atomic E-state index is -1.95. The Morgan fingerprint density at radius 1 is 1.14 bits per heavy atom. The number of benzene rings is 1. The Morgan fingerprint density at radius 2 is 1.71 bits per heavy atom. The first-order valence-electron chi connectivity index (χ1n) is 6.16. The molecular formula is C14H17F2NO4. The lowest BCUT2D eigenvalue weighted by molar-refractivity contribution is -0.144.